The van der Waals surface area contributed by atoms with Gasteiger partial charge in [-0.15, -0.1) is 0 Å². The molecule has 5 nitrogen and oxygen atoms in total. The van der Waals surface area contributed by atoms with E-state index < -0.39 is 0 Å². The topological polar surface area (TPSA) is 58.5 Å². The Bertz CT molecular complexity index is 353. The van der Waals surface area contributed by atoms with E-state index in [4.69, 9.17) is 4.74 Å². The second-order valence-corrected chi connectivity index (χ2v) is 4.42. The Hall–Kier alpha value is -1.01. The van der Waals surface area contributed by atoms with Crippen LogP contribution < -0.4 is 9.64 Å². The van der Waals surface area contributed by atoms with Crippen LogP contribution in [-0.2, 0) is 0 Å². The number of aliphatic hydroxyl groups excluding tert-OH is 1. The molecular weight excluding hydrogens is 226 g/mol. The molecule has 1 N–H and O–H groups in total. The lowest BCUT2D eigenvalue weighted by Crippen LogP contribution is -2.22. The lowest BCUT2D eigenvalue weighted by molar-refractivity contribution is 0.198. The highest BCUT2D eigenvalue weighted by Crippen LogP contribution is 2.24. The highest BCUT2D eigenvalue weighted by atomic mass is 32.2. The van der Waals surface area contributed by atoms with E-state index in [1.807, 2.05) is 6.26 Å². The van der Waals surface area contributed by atoms with Gasteiger partial charge in [0, 0.05) is 19.2 Å². The molecule has 1 saturated heterocycles. The molecule has 0 bridgehead atoms. The average molecular weight is 241 g/mol. The van der Waals surface area contributed by atoms with Crippen molar-refractivity contribution in [2.24, 2.45) is 0 Å². The number of nitrogens with zero attached hydrogens (tertiary/aromatic N) is 3. The monoisotopic (exact) mass is 241 g/mol. The normalized spacial score (nSPS) is 20.2. The number of aromatic nitrogens is 2. The Morgan fingerprint density at radius 3 is 2.94 bits per heavy atom. The Balaban J connectivity index is 2.25. The fourth-order valence-electron chi connectivity index (χ4n) is 1.70. The molecule has 1 aliphatic rings. The largest absolute Gasteiger partial charge is 0.481 e. The first kappa shape index (κ1) is 11.5. The van der Waals surface area contributed by atoms with Gasteiger partial charge in [-0.1, -0.05) is 11.8 Å². The molecule has 0 spiro atoms. The lowest BCUT2D eigenvalue weighted by atomic mass is 10.3. The molecule has 0 radical (unpaired) electrons. The summed E-state index contributed by atoms with van der Waals surface area (Å²) in [7, 11) is 1.59. The number of ether oxygens (including phenoxy) is 1. The van der Waals surface area contributed by atoms with Crippen molar-refractivity contribution in [3.8, 4) is 5.88 Å². The zero-order valence-electron chi connectivity index (χ0n) is 9.38. The molecule has 2 heterocycles. The van der Waals surface area contributed by atoms with Gasteiger partial charge in [0.25, 0.3) is 0 Å². The standard InChI is InChI=1S/C10H15N3O2S/c1-15-9-5-8(11-10(12-9)16-2)13-4-3-7(14)6-13/h5,7,14H,3-4,6H2,1-2H3/t7-/m1/s1. The third-order valence-corrected chi connectivity index (χ3v) is 3.10. The molecule has 1 atom stereocenters. The molecule has 1 aromatic rings. The van der Waals surface area contributed by atoms with E-state index in [1.165, 1.54) is 11.8 Å². The summed E-state index contributed by atoms with van der Waals surface area (Å²) in [5.74, 6) is 1.39. The molecule has 88 valence electrons. The average Bonchev–Trinajstić information content (AvgIpc) is 2.75. The van der Waals surface area contributed by atoms with Gasteiger partial charge in [0.05, 0.1) is 13.2 Å². The molecule has 1 aromatic heterocycles. The van der Waals surface area contributed by atoms with E-state index >= 15 is 0 Å². The van der Waals surface area contributed by atoms with Crippen LogP contribution in [0.15, 0.2) is 11.2 Å². The number of anilines is 1. The molecule has 1 aliphatic heterocycles. The van der Waals surface area contributed by atoms with E-state index in [9.17, 15) is 5.11 Å². The Kier molecular flexibility index (Phi) is 3.50. The second-order valence-electron chi connectivity index (χ2n) is 3.64. The van der Waals surface area contributed by atoms with Crippen molar-refractivity contribution in [1.29, 1.82) is 0 Å². The smallest absolute Gasteiger partial charge is 0.219 e. The molecule has 0 aromatic carbocycles. The Morgan fingerprint density at radius 1 is 1.56 bits per heavy atom. The summed E-state index contributed by atoms with van der Waals surface area (Å²) in [4.78, 5) is 10.7. The lowest BCUT2D eigenvalue weighted by Gasteiger charge is -2.17. The number of hydrogen-bond acceptors (Lipinski definition) is 6. The van der Waals surface area contributed by atoms with Crippen LogP contribution in [0.4, 0.5) is 5.82 Å². The molecule has 6 heteroatoms. The first-order valence-electron chi connectivity index (χ1n) is 5.13. The molecule has 1 fully saturated rings. The molecule has 0 saturated carbocycles. The summed E-state index contributed by atoms with van der Waals surface area (Å²) in [6, 6.07) is 1.80. The summed E-state index contributed by atoms with van der Waals surface area (Å²) >= 11 is 1.48. The minimum Gasteiger partial charge on any atom is -0.481 e. The van der Waals surface area contributed by atoms with Crippen LogP contribution in [0.2, 0.25) is 0 Å². The highest BCUT2D eigenvalue weighted by molar-refractivity contribution is 7.98. The highest BCUT2D eigenvalue weighted by Gasteiger charge is 2.22. The number of aliphatic hydroxyl groups is 1. The maximum absolute atomic E-state index is 9.49. The minimum absolute atomic E-state index is 0.251. The molecule has 16 heavy (non-hydrogen) atoms. The van der Waals surface area contributed by atoms with Crippen LogP contribution in [0.1, 0.15) is 6.42 Å². The number of thioether (sulfide) groups is 1. The Labute approximate surface area is 98.8 Å². The summed E-state index contributed by atoms with van der Waals surface area (Å²) in [5, 5.41) is 10.2. The van der Waals surface area contributed by atoms with Crippen molar-refractivity contribution >= 4 is 17.6 Å². The maximum atomic E-state index is 9.49. The summed E-state index contributed by atoms with van der Waals surface area (Å²) in [6.45, 7) is 1.46. The van der Waals surface area contributed by atoms with Crippen LogP contribution in [0.5, 0.6) is 5.88 Å². The van der Waals surface area contributed by atoms with E-state index in [2.05, 4.69) is 14.9 Å². The van der Waals surface area contributed by atoms with Crippen LogP contribution in [0, 0.1) is 0 Å². The quantitative estimate of drug-likeness (QED) is 0.623. The van der Waals surface area contributed by atoms with Crippen LogP contribution in [0.25, 0.3) is 0 Å². The fourth-order valence-corrected chi connectivity index (χ4v) is 2.07. The fraction of sp³-hybridized carbons (Fsp3) is 0.600. The number of β-amino-alcohol motifs (C(OH)–C–C–N with tert-alkyl or cyclic N) is 1. The third kappa shape index (κ3) is 2.38. The van der Waals surface area contributed by atoms with Crippen molar-refractivity contribution < 1.29 is 9.84 Å². The van der Waals surface area contributed by atoms with Gasteiger partial charge < -0.3 is 14.7 Å². The predicted molar refractivity (Wildman–Crippen MR) is 63.2 cm³/mol. The molecule has 0 unspecified atom stereocenters. The molecule has 0 aliphatic carbocycles. The van der Waals surface area contributed by atoms with Gasteiger partial charge in [0.1, 0.15) is 5.82 Å². The van der Waals surface area contributed by atoms with Crippen molar-refractivity contribution in [3.63, 3.8) is 0 Å². The van der Waals surface area contributed by atoms with Crippen LogP contribution >= 0.6 is 11.8 Å². The predicted octanol–water partition coefficient (Wildman–Crippen LogP) is 0.778. The van der Waals surface area contributed by atoms with E-state index in [0.717, 1.165) is 18.8 Å². The van der Waals surface area contributed by atoms with Gasteiger partial charge in [0.2, 0.25) is 5.88 Å². The number of methoxy groups -OCH3 is 1. The third-order valence-electron chi connectivity index (χ3n) is 2.55. The maximum Gasteiger partial charge on any atom is 0.219 e. The SMILES string of the molecule is COc1cc(N2CC[C@@H](O)C2)nc(SC)n1. The molecular formula is C10H15N3O2S. The van der Waals surface area contributed by atoms with Gasteiger partial charge in [-0.3, -0.25) is 0 Å². The van der Waals surface area contributed by atoms with E-state index in [0.29, 0.717) is 17.6 Å². The second kappa shape index (κ2) is 4.88. The molecule has 2 rings (SSSR count). The van der Waals surface area contributed by atoms with Gasteiger partial charge in [-0.05, 0) is 12.7 Å². The first-order valence-corrected chi connectivity index (χ1v) is 6.35. The van der Waals surface area contributed by atoms with Crippen molar-refractivity contribution in [2.45, 2.75) is 17.7 Å². The van der Waals surface area contributed by atoms with Gasteiger partial charge in [0.15, 0.2) is 5.16 Å². The molecule has 0 amide bonds. The zero-order chi connectivity index (χ0) is 11.5. The van der Waals surface area contributed by atoms with Crippen molar-refractivity contribution in [2.75, 3.05) is 31.4 Å². The first-order chi connectivity index (χ1) is 7.72. The van der Waals surface area contributed by atoms with Crippen LogP contribution in [-0.4, -0.2) is 47.6 Å². The van der Waals surface area contributed by atoms with Crippen molar-refractivity contribution in [3.05, 3.63) is 6.07 Å². The summed E-state index contributed by atoms with van der Waals surface area (Å²) in [5.41, 5.74) is 0. The summed E-state index contributed by atoms with van der Waals surface area (Å²) in [6.07, 6.45) is 2.47. The van der Waals surface area contributed by atoms with Crippen LogP contribution in [0.3, 0.4) is 0 Å². The van der Waals surface area contributed by atoms with E-state index in [-0.39, 0.29) is 6.10 Å². The Morgan fingerprint density at radius 2 is 2.38 bits per heavy atom. The minimum atomic E-state index is -0.251. The van der Waals surface area contributed by atoms with E-state index in [1.54, 1.807) is 13.2 Å². The number of rotatable bonds is 3. The van der Waals surface area contributed by atoms with Gasteiger partial charge >= 0.3 is 0 Å². The summed E-state index contributed by atoms with van der Waals surface area (Å²) < 4.78 is 5.13. The van der Waals surface area contributed by atoms with Crippen molar-refractivity contribution in [1.82, 2.24) is 9.97 Å². The number of hydrogen-bond donors (Lipinski definition) is 1. The zero-order valence-corrected chi connectivity index (χ0v) is 10.2. The van der Waals surface area contributed by atoms with Gasteiger partial charge in [-0.2, -0.15) is 4.98 Å². The van der Waals surface area contributed by atoms with Gasteiger partial charge in [-0.25, -0.2) is 4.98 Å².